The molecule has 0 fully saturated rings. The number of carbonyl (C=O) groups excluding carboxylic acids is 1. The number of fused-ring (bicyclic) bond motifs is 1. The van der Waals surface area contributed by atoms with Gasteiger partial charge in [-0.05, 0) is 23.8 Å². The van der Waals surface area contributed by atoms with E-state index in [1.54, 1.807) is 6.20 Å². The van der Waals surface area contributed by atoms with Crippen molar-refractivity contribution >= 4 is 17.4 Å². The van der Waals surface area contributed by atoms with Gasteiger partial charge in [-0.15, -0.1) is 0 Å². The van der Waals surface area contributed by atoms with Gasteiger partial charge in [0.2, 0.25) is 11.7 Å². The second-order valence-electron chi connectivity index (χ2n) is 5.74. The van der Waals surface area contributed by atoms with Crippen molar-refractivity contribution in [2.45, 2.75) is 6.42 Å². The minimum Gasteiger partial charge on any atom is -0.326 e. The molecule has 0 atom stereocenters. The minimum atomic E-state index is -0.0316. The molecule has 122 valence electrons. The zero-order valence-electron chi connectivity index (χ0n) is 13.5. The van der Waals surface area contributed by atoms with E-state index >= 15 is 0 Å². The van der Waals surface area contributed by atoms with Crippen molar-refractivity contribution in [3.8, 4) is 11.3 Å². The van der Waals surface area contributed by atoms with E-state index in [1.807, 2.05) is 77.5 Å². The maximum atomic E-state index is 12.1. The zero-order valence-corrected chi connectivity index (χ0v) is 13.5. The Balaban J connectivity index is 1.47. The Kier molecular flexibility index (Phi) is 3.96. The van der Waals surface area contributed by atoms with Crippen LogP contribution in [0.25, 0.3) is 17.0 Å². The van der Waals surface area contributed by atoms with Crippen molar-refractivity contribution in [3.63, 3.8) is 0 Å². The summed E-state index contributed by atoms with van der Waals surface area (Å²) in [5, 5.41) is 2.92. The number of imidazole rings is 1. The third-order valence-corrected chi connectivity index (χ3v) is 3.91. The molecule has 0 spiro atoms. The number of carbonyl (C=O) groups is 1. The van der Waals surface area contributed by atoms with Gasteiger partial charge in [0.15, 0.2) is 0 Å². The number of hydrogen-bond acceptors (Lipinski definition) is 3. The number of aromatic nitrogens is 3. The van der Waals surface area contributed by atoms with E-state index < -0.39 is 0 Å². The van der Waals surface area contributed by atoms with Crippen LogP contribution in [-0.4, -0.2) is 20.3 Å². The fourth-order valence-electron chi connectivity index (χ4n) is 2.68. The van der Waals surface area contributed by atoms with Crippen LogP contribution < -0.4 is 5.32 Å². The third kappa shape index (κ3) is 3.40. The van der Waals surface area contributed by atoms with E-state index in [-0.39, 0.29) is 5.91 Å². The molecule has 0 saturated carbocycles. The Morgan fingerprint density at radius 2 is 1.80 bits per heavy atom. The molecule has 4 rings (SSSR count). The quantitative estimate of drug-likeness (QED) is 0.623. The average molecular weight is 328 g/mol. The second kappa shape index (κ2) is 6.57. The van der Waals surface area contributed by atoms with E-state index in [9.17, 15) is 4.79 Å². The number of rotatable bonds is 4. The third-order valence-electron chi connectivity index (χ3n) is 3.91. The number of hydrogen-bond donors (Lipinski definition) is 1. The first-order chi connectivity index (χ1) is 12.3. The molecule has 0 bridgehead atoms. The van der Waals surface area contributed by atoms with Gasteiger partial charge in [0.1, 0.15) is 0 Å². The van der Waals surface area contributed by atoms with Gasteiger partial charge in [-0.3, -0.25) is 9.20 Å². The molecule has 1 amide bonds. The maximum Gasteiger partial charge on any atom is 0.234 e. The lowest BCUT2D eigenvalue weighted by molar-refractivity contribution is -0.115. The molecule has 1 N–H and O–H groups in total. The summed E-state index contributed by atoms with van der Waals surface area (Å²) < 4.78 is 1.88. The van der Waals surface area contributed by atoms with Gasteiger partial charge < -0.3 is 5.32 Å². The van der Waals surface area contributed by atoms with E-state index in [2.05, 4.69) is 15.3 Å². The lowest BCUT2D eigenvalue weighted by Crippen LogP contribution is -2.14. The van der Waals surface area contributed by atoms with E-state index in [4.69, 9.17) is 0 Å². The van der Waals surface area contributed by atoms with Gasteiger partial charge in [0.05, 0.1) is 12.1 Å². The standard InChI is InChI=1S/C20H16N4O/c25-19(13-15-5-2-1-3-6-15)22-17-9-7-16(8-10-17)18-14-24-12-4-11-21-20(24)23-18/h1-12,14H,13H2,(H,22,25). The fraction of sp³-hybridized carbons (Fsp3) is 0.0500. The maximum absolute atomic E-state index is 12.1. The monoisotopic (exact) mass is 328 g/mol. The highest BCUT2D eigenvalue weighted by Gasteiger charge is 2.07. The molecule has 2 aromatic carbocycles. The fourth-order valence-corrected chi connectivity index (χ4v) is 2.68. The predicted octanol–water partition coefficient (Wildman–Crippen LogP) is 3.58. The molecule has 0 aliphatic rings. The molecule has 0 aliphatic heterocycles. The molecule has 25 heavy (non-hydrogen) atoms. The summed E-state index contributed by atoms with van der Waals surface area (Å²) in [5.74, 6) is 0.633. The van der Waals surface area contributed by atoms with Crippen LogP contribution in [0, 0.1) is 0 Å². The molecule has 0 unspecified atom stereocenters. The Hall–Kier alpha value is -3.47. The van der Waals surface area contributed by atoms with Crippen LogP contribution in [0.4, 0.5) is 5.69 Å². The largest absolute Gasteiger partial charge is 0.326 e. The van der Waals surface area contributed by atoms with Crippen molar-refractivity contribution in [2.75, 3.05) is 5.32 Å². The number of amides is 1. The summed E-state index contributed by atoms with van der Waals surface area (Å²) in [7, 11) is 0. The van der Waals surface area contributed by atoms with Gasteiger partial charge in [0, 0.05) is 29.8 Å². The molecule has 2 heterocycles. The van der Waals surface area contributed by atoms with Crippen LogP contribution >= 0.6 is 0 Å². The van der Waals surface area contributed by atoms with Crippen LogP contribution in [0.5, 0.6) is 0 Å². The molecule has 5 heteroatoms. The van der Waals surface area contributed by atoms with E-state index in [0.29, 0.717) is 12.2 Å². The number of nitrogens with one attached hydrogen (secondary N) is 1. The van der Waals surface area contributed by atoms with E-state index in [1.165, 1.54) is 0 Å². The predicted molar refractivity (Wildman–Crippen MR) is 97.2 cm³/mol. The van der Waals surface area contributed by atoms with Crippen molar-refractivity contribution in [1.82, 2.24) is 14.4 Å². The summed E-state index contributed by atoms with van der Waals surface area (Å²) in [5.41, 5.74) is 3.59. The zero-order chi connectivity index (χ0) is 17.1. The first-order valence-corrected chi connectivity index (χ1v) is 8.02. The number of anilines is 1. The highest BCUT2D eigenvalue weighted by Crippen LogP contribution is 2.20. The Morgan fingerprint density at radius 1 is 1.00 bits per heavy atom. The smallest absolute Gasteiger partial charge is 0.234 e. The molecule has 2 aromatic heterocycles. The van der Waals surface area contributed by atoms with Crippen molar-refractivity contribution in [3.05, 3.63) is 84.8 Å². The Labute approximate surface area is 145 Å². The van der Waals surface area contributed by atoms with Crippen LogP contribution in [0.3, 0.4) is 0 Å². The molecule has 0 radical (unpaired) electrons. The highest BCUT2D eigenvalue weighted by atomic mass is 16.1. The molecule has 0 aliphatic carbocycles. The van der Waals surface area contributed by atoms with Gasteiger partial charge in [-0.2, -0.15) is 0 Å². The first kappa shape index (κ1) is 15.1. The van der Waals surface area contributed by atoms with Gasteiger partial charge in [-0.25, -0.2) is 9.97 Å². The number of nitrogens with zero attached hydrogens (tertiary/aromatic N) is 3. The molecule has 5 nitrogen and oxygen atoms in total. The average Bonchev–Trinajstić information content (AvgIpc) is 3.07. The summed E-state index contributed by atoms with van der Waals surface area (Å²) in [6.45, 7) is 0. The molecular formula is C20H16N4O. The summed E-state index contributed by atoms with van der Waals surface area (Å²) >= 11 is 0. The Bertz CT molecular complexity index is 974. The summed E-state index contributed by atoms with van der Waals surface area (Å²) in [4.78, 5) is 20.8. The molecule has 4 aromatic rings. The highest BCUT2D eigenvalue weighted by molar-refractivity contribution is 5.92. The van der Waals surface area contributed by atoms with Crippen LogP contribution in [0.15, 0.2) is 79.3 Å². The Morgan fingerprint density at radius 3 is 2.56 bits per heavy atom. The van der Waals surface area contributed by atoms with Crippen LogP contribution in [0.1, 0.15) is 5.56 Å². The van der Waals surface area contributed by atoms with Crippen molar-refractivity contribution < 1.29 is 4.79 Å². The normalized spacial score (nSPS) is 10.7. The van der Waals surface area contributed by atoms with Crippen molar-refractivity contribution in [1.29, 1.82) is 0 Å². The topological polar surface area (TPSA) is 59.3 Å². The van der Waals surface area contributed by atoms with Crippen molar-refractivity contribution in [2.24, 2.45) is 0 Å². The van der Waals surface area contributed by atoms with Gasteiger partial charge >= 0.3 is 0 Å². The number of benzene rings is 2. The minimum absolute atomic E-state index is 0.0316. The molecular weight excluding hydrogens is 312 g/mol. The summed E-state index contributed by atoms with van der Waals surface area (Å²) in [6.07, 6.45) is 5.93. The first-order valence-electron chi connectivity index (χ1n) is 8.02. The van der Waals surface area contributed by atoms with Crippen LogP contribution in [-0.2, 0) is 11.2 Å². The van der Waals surface area contributed by atoms with Gasteiger partial charge in [-0.1, -0.05) is 42.5 Å². The molecule has 0 saturated heterocycles. The second-order valence-corrected chi connectivity index (χ2v) is 5.74. The summed E-state index contributed by atoms with van der Waals surface area (Å²) in [6, 6.07) is 19.2. The van der Waals surface area contributed by atoms with Crippen LogP contribution in [0.2, 0.25) is 0 Å². The SMILES string of the molecule is O=C(Cc1ccccc1)Nc1ccc(-c2cn3cccnc3n2)cc1. The lowest BCUT2D eigenvalue weighted by atomic mass is 10.1. The lowest BCUT2D eigenvalue weighted by Gasteiger charge is -2.06. The van der Waals surface area contributed by atoms with Gasteiger partial charge in [0.25, 0.3) is 0 Å². The van der Waals surface area contributed by atoms with E-state index in [0.717, 1.165) is 22.5 Å².